The fourth-order valence-electron chi connectivity index (χ4n) is 2.42. The van der Waals surface area contributed by atoms with Crippen molar-refractivity contribution in [3.63, 3.8) is 0 Å². The Labute approximate surface area is 114 Å². The van der Waals surface area contributed by atoms with Crippen LogP contribution in [-0.2, 0) is 6.42 Å². The summed E-state index contributed by atoms with van der Waals surface area (Å²) < 4.78 is 0.922. The Morgan fingerprint density at radius 2 is 2.41 bits per heavy atom. The molecule has 2 atom stereocenters. The first-order chi connectivity index (χ1) is 8.24. The lowest BCUT2D eigenvalue weighted by molar-refractivity contribution is 0.469. The quantitative estimate of drug-likeness (QED) is 0.853. The van der Waals surface area contributed by atoms with E-state index in [4.69, 9.17) is 11.6 Å². The second-order valence-electron chi connectivity index (χ2n) is 4.42. The van der Waals surface area contributed by atoms with Gasteiger partial charge < -0.3 is 5.32 Å². The van der Waals surface area contributed by atoms with Crippen LogP contribution in [0.15, 0.2) is 23.6 Å². The Morgan fingerprint density at radius 1 is 1.53 bits per heavy atom. The molecule has 0 fully saturated rings. The molecule has 0 aliphatic heterocycles. The van der Waals surface area contributed by atoms with E-state index in [2.05, 4.69) is 35.8 Å². The van der Waals surface area contributed by atoms with E-state index in [9.17, 15) is 0 Å². The van der Waals surface area contributed by atoms with E-state index in [1.165, 1.54) is 28.2 Å². The Kier molecular flexibility index (Phi) is 3.26. The third-order valence-electron chi connectivity index (χ3n) is 3.27. The van der Waals surface area contributed by atoms with Gasteiger partial charge in [-0.1, -0.05) is 17.7 Å². The van der Waals surface area contributed by atoms with E-state index in [-0.39, 0.29) is 0 Å². The number of hydrogen-bond acceptors (Lipinski definition) is 3. The van der Waals surface area contributed by atoms with Gasteiger partial charge in [-0.15, -0.1) is 22.7 Å². The van der Waals surface area contributed by atoms with Crippen molar-refractivity contribution in [2.75, 3.05) is 0 Å². The highest BCUT2D eigenvalue weighted by atomic mass is 35.5. The predicted octanol–water partition coefficient (Wildman–Crippen LogP) is 4.80. The normalized spacial score (nSPS) is 20.5. The van der Waals surface area contributed by atoms with Crippen molar-refractivity contribution >= 4 is 34.3 Å². The molecule has 4 heteroatoms. The summed E-state index contributed by atoms with van der Waals surface area (Å²) in [6.07, 6.45) is 2.37. The Morgan fingerprint density at radius 3 is 3.18 bits per heavy atom. The highest BCUT2D eigenvalue weighted by Crippen LogP contribution is 2.40. The number of nitrogens with one attached hydrogen (secondary N) is 1. The molecule has 90 valence electrons. The van der Waals surface area contributed by atoms with E-state index < -0.39 is 0 Å². The topological polar surface area (TPSA) is 12.0 Å². The molecule has 0 bridgehead atoms. The lowest BCUT2D eigenvalue weighted by atomic mass is 10.1. The van der Waals surface area contributed by atoms with Crippen molar-refractivity contribution in [3.8, 4) is 0 Å². The zero-order chi connectivity index (χ0) is 11.8. The minimum Gasteiger partial charge on any atom is -0.303 e. The van der Waals surface area contributed by atoms with Gasteiger partial charge in [0.25, 0.3) is 0 Å². The van der Waals surface area contributed by atoms with Gasteiger partial charge in [-0.2, -0.15) is 0 Å². The summed E-state index contributed by atoms with van der Waals surface area (Å²) in [4.78, 5) is 2.87. The summed E-state index contributed by atoms with van der Waals surface area (Å²) in [5.74, 6) is 0. The van der Waals surface area contributed by atoms with Crippen LogP contribution in [-0.4, -0.2) is 0 Å². The third kappa shape index (κ3) is 2.29. The van der Waals surface area contributed by atoms with Crippen molar-refractivity contribution in [1.82, 2.24) is 5.32 Å². The number of hydrogen-bond donors (Lipinski definition) is 1. The minimum absolute atomic E-state index is 0.421. The zero-order valence-corrected chi connectivity index (χ0v) is 12.0. The van der Waals surface area contributed by atoms with Crippen molar-refractivity contribution in [2.45, 2.75) is 31.8 Å². The van der Waals surface area contributed by atoms with Crippen LogP contribution >= 0.6 is 34.3 Å². The van der Waals surface area contributed by atoms with E-state index in [1.54, 1.807) is 11.3 Å². The van der Waals surface area contributed by atoms with Crippen molar-refractivity contribution < 1.29 is 0 Å². The molecule has 1 N–H and O–H groups in total. The fraction of sp³-hybridized carbons (Fsp3) is 0.385. The van der Waals surface area contributed by atoms with E-state index >= 15 is 0 Å². The van der Waals surface area contributed by atoms with Crippen LogP contribution in [0.25, 0.3) is 0 Å². The summed E-state index contributed by atoms with van der Waals surface area (Å²) >= 11 is 9.62. The molecule has 0 aromatic carbocycles. The highest BCUT2D eigenvalue weighted by Gasteiger charge is 2.26. The lowest BCUT2D eigenvalue weighted by Crippen LogP contribution is -2.22. The largest absolute Gasteiger partial charge is 0.303 e. The average Bonchev–Trinajstić information content (AvgIpc) is 2.96. The van der Waals surface area contributed by atoms with Crippen LogP contribution in [0.1, 0.15) is 40.7 Å². The third-order valence-corrected chi connectivity index (χ3v) is 5.66. The molecule has 0 spiro atoms. The molecular weight excluding hydrogens is 270 g/mol. The Balaban J connectivity index is 1.75. The molecule has 2 aromatic heterocycles. The molecule has 3 rings (SSSR count). The molecule has 0 saturated heterocycles. The molecule has 2 unspecified atom stereocenters. The molecule has 2 heterocycles. The Bertz CT molecular complexity index is 503. The first-order valence-electron chi connectivity index (χ1n) is 5.81. The number of rotatable bonds is 3. The molecule has 1 aliphatic rings. The SMILES string of the molecule is CC(NC1CCc2sc(Cl)cc21)c1cccs1. The smallest absolute Gasteiger partial charge is 0.0934 e. The molecule has 17 heavy (non-hydrogen) atoms. The molecule has 0 saturated carbocycles. The predicted molar refractivity (Wildman–Crippen MR) is 76.3 cm³/mol. The second kappa shape index (κ2) is 4.73. The van der Waals surface area contributed by atoms with Crippen LogP contribution in [0, 0.1) is 0 Å². The molecule has 2 aromatic rings. The number of thiophene rings is 2. The van der Waals surface area contributed by atoms with E-state index in [0.717, 1.165) is 4.34 Å². The number of fused-ring (bicyclic) bond motifs is 1. The second-order valence-corrected chi connectivity index (χ2v) is 7.17. The molecular formula is C13H14ClNS2. The van der Waals surface area contributed by atoms with Gasteiger partial charge in [0.05, 0.1) is 4.34 Å². The summed E-state index contributed by atoms with van der Waals surface area (Å²) in [6, 6.07) is 7.33. The molecule has 1 nitrogen and oxygen atoms in total. The fourth-order valence-corrected chi connectivity index (χ4v) is 4.53. The maximum absolute atomic E-state index is 6.07. The first kappa shape index (κ1) is 11.7. The van der Waals surface area contributed by atoms with Crippen molar-refractivity contribution in [1.29, 1.82) is 0 Å². The minimum atomic E-state index is 0.421. The maximum atomic E-state index is 6.07. The van der Waals surface area contributed by atoms with E-state index in [0.29, 0.717) is 12.1 Å². The summed E-state index contributed by atoms with van der Waals surface area (Å²) in [5.41, 5.74) is 1.42. The van der Waals surface area contributed by atoms with Crippen LogP contribution in [0.2, 0.25) is 4.34 Å². The maximum Gasteiger partial charge on any atom is 0.0934 e. The van der Waals surface area contributed by atoms with Gasteiger partial charge in [0.2, 0.25) is 0 Å². The van der Waals surface area contributed by atoms with Crippen molar-refractivity contribution in [3.05, 3.63) is 43.2 Å². The standard InChI is InChI=1S/C13H14ClNS2/c1-8(11-3-2-6-16-11)15-10-4-5-12-9(10)7-13(14)17-12/h2-3,6-8,10,15H,4-5H2,1H3. The highest BCUT2D eigenvalue weighted by molar-refractivity contribution is 7.16. The van der Waals surface area contributed by atoms with Crippen LogP contribution in [0.4, 0.5) is 0 Å². The van der Waals surface area contributed by atoms with Gasteiger partial charge in [0.1, 0.15) is 0 Å². The molecule has 1 aliphatic carbocycles. The Hall–Kier alpha value is -0.350. The van der Waals surface area contributed by atoms with Gasteiger partial charge in [-0.3, -0.25) is 0 Å². The van der Waals surface area contributed by atoms with Gasteiger partial charge in [-0.05, 0) is 42.8 Å². The van der Waals surface area contributed by atoms with Crippen molar-refractivity contribution in [2.24, 2.45) is 0 Å². The van der Waals surface area contributed by atoms with Gasteiger partial charge in [0, 0.05) is 21.8 Å². The van der Waals surface area contributed by atoms with Gasteiger partial charge in [0.15, 0.2) is 0 Å². The summed E-state index contributed by atoms with van der Waals surface area (Å²) in [7, 11) is 0. The van der Waals surface area contributed by atoms with Crippen LogP contribution < -0.4 is 5.32 Å². The monoisotopic (exact) mass is 283 g/mol. The molecule has 0 amide bonds. The van der Waals surface area contributed by atoms with Crippen LogP contribution in [0.5, 0.6) is 0 Å². The number of aryl methyl sites for hydroxylation is 1. The number of halogens is 1. The van der Waals surface area contributed by atoms with Gasteiger partial charge >= 0.3 is 0 Å². The summed E-state index contributed by atoms with van der Waals surface area (Å²) in [6.45, 7) is 2.23. The van der Waals surface area contributed by atoms with Gasteiger partial charge in [-0.25, -0.2) is 0 Å². The summed E-state index contributed by atoms with van der Waals surface area (Å²) in [5, 5.41) is 5.84. The average molecular weight is 284 g/mol. The van der Waals surface area contributed by atoms with E-state index in [1.807, 2.05) is 11.3 Å². The first-order valence-corrected chi connectivity index (χ1v) is 7.89. The lowest BCUT2D eigenvalue weighted by Gasteiger charge is -2.18. The zero-order valence-electron chi connectivity index (χ0n) is 9.57. The molecule has 0 radical (unpaired) electrons. The van der Waals surface area contributed by atoms with Crippen LogP contribution in [0.3, 0.4) is 0 Å².